The Morgan fingerprint density at radius 1 is 1.55 bits per heavy atom. The number of hydrogen-bond donors (Lipinski definition) is 3. The van der Waals surface area contributed by atoms with Crippen LogP contribution in [0.4, 0.5) is 5.69 Å². The first-order valence-corrected chi connectivity index (χ1v) is 6.32. The number of amides is 1. The largest absolute Gasteiger partial charge is 0.393 e. The highest BCUT2D eigenvalue weighted by Crippen LogP contribution is 2.24. The molecule has 20 heavy (non-hydrogen) atoms. The first-order chi connectivity index (χ1) is 9.49. The molecule has 1 aliphatic rings. The number of aromatic amines is 1. The van der Waals surface area contributed by atoms with Crippen LogP contribution >= 0.6 is 0 Å². The van der Waals surface area contributed by atoms with Gasteiger partial charge in [-0.15, -0.1) is 0 Å². The molecule has 1 amide bonds. The Kier molecular flexibility index (Phi) is 4.14. The summed E-state index contributed by atoms with van der Waals surface area (Å²) in [5.41, 5.74) is -1.33. The maximum absolute atomic E-state index is 11.9. The van der Waals surface area contributed by atoms with E-state index >= 15 is 0 Å². The van der Waals surface area contributed by atoms with Crippen LogP contribution in [0.15, 0.2) is 17.1 Å². The zero-order valence-corrected chi connectivity index (χ0v) is 10.7. The Labute approximate surface area is 114 Å². The Bertz CT molecular complexity index is 583. The number of aliphatic hydroxyl groups excluding tert-OH is 1. The van der Waals surface area contributed by atoms with Crippen molar-refractivity contribution in [3.05, 3.63) is 38.3 Å². The minimum Gasteiger partial charge on any atom is -0.393 e. The Morgan fingerprint density at radius 3 is 2.90 bits per heavy atom. The van der Waals surface area contributed by atoms with E-state index in [4.69, 9.17) is 0 Å². The monoisotopic (exact) mass is 281 g/mol. The van der Waals surface area contributed by atoms with Crippen LogP contribution in [0.3, 0.4) is 0 Å². The van der Waals surface area contributed by atoms with E-state index < -0.39 is 22.5 Å². The fraction of sp³-hybridized carbons (Fsp3) is 0.500. The molecule has 1 heterocycles. The highest BCUT2D eigenvalue weighted by atomic mass is 16.6. The van der Waals surface area contributed by atoms with Gasteiger partial charge in [0.2, 0.25) is 0 Å². The van der Waals surface area contributed by atoms with Gasteiger partial charge in [-0.05, 0) is 12.8 Å². The van der Waals surface area contributed by atoms with Crippen LogP contribution in [-0.2, 0) is 0 Å². The second-order valence-corrected chi connectivity index (χ2v) is 4.83. The number of H-pyrrole nitrogens is 1. The molecule has 0 radical (unpaired) electrons. The van der Waals surface area contributed by atoms with Gasteiger partial charge in [-0.25, -0.2) is 0 Å². The van der Waals surface area contributed by atoms with Gasteiger partial charge in [0, 0.05) is 18.5 Å². The fourth-order valence-corrected chi connectivity index (χ4v) is 2.32. The highest BCUT2D eigenvalue weighted by molar-refractivity contribution is 5.94. The van der Waals surface area contributed by atoms with Gasteiger partial charge in [0.25, 0.3) is 17.2 Å². The number of carbonyl (C=O) groups is 1. The number of aliphatic hydroxyl groups is 1. The predicted molar refractivity (Wildman–Crippen MR) is 69.4 cm³/mol. The first kappa shape index (κ1) is 14.2. The number of aromatic nitrogens is 1. The summed E-state index contributed by atoms with van der Waals surface area (Å²) >= 11 is 0. The number of hydrogen-bond acceptors (Lipinski definition) is 5. The van der Waals surface area contributed by atoms with Crippen molar-refractivity contribution in [2.75, 3.05) is 6.54 Å². The molecule has 0 spiro atoms. The third-order valence-electron chi connectivity index (χ3n) is 3.49. The van der Waals surface area contributed by atoms with Crippen molar-refractivity contribution in [1.29, 1.82) is 0 Å². The minimum absolute atomic E-state index is 0.0308. The summed E-state index contributed by atoms with van der Waals surface area (Å²) in [6, 6.07) is 0.944. The highest BCUT2D eigenvalue weighted by Gasteiger charge is 2.26. The number of carbonyl (C=O) groups excluding carboxylic acids is 1. The number of pyridine rings is 1. The zero-order valence-electron chi connectivity index (χ0n) is 10.7. The summed E-state index contributed by atoms with van der Waals surface area (Å²) in [5.74, 6) is -0.703. The normalized spacial score (nSPS) is 21.6. The predicted octanol–water partition coefficient (Wildman–Crippen LogP) is 0.174. The standard InChI is InChI=1S/C12H15N3O5/c16-10-3-1-2-7(10)5-13-11(17)9-4-8(15(19)20)6-14-12(9)18/h4,6-7,10,16H,1-3,5H2,(H,13,17)(H,14,18). The minimum atomic E-state index is -0.687. The average Bonchev–Trinajstić information content (AvgIpc) is 2.81. The molecule has 0 saturated heterocycles. The van der Waals surface area contributed by atoms with E-state index in [2.05, 4.69) is 10.3 Å². The third-order valence-corrected chi connectivity index (χ3v) is 3.49. The second kappa shape index (κ2) is 5.83. The number of nitrogens with zero attached hydrogens (tertiary/aromatic N) is 1. The molecule has 1 aromatic rings. The lowest BCUT2D eigenvalue weighted by molar-refractivity contribution is -0.385. The van der Waals surface area contributed by atoms with Gasteiger partial charge in [0.15, 0.2) is 0 Å². The summed E-state index contributed by atoms with van der Waals surface area (Å²) in [7, 11) is 0. The van der Waals surface area contributed by atoms with E-state index in [0.717, 1.165) is 25.1 Å². The van der Waals surface area contributed by atoms with Gasteiger partial charge in [-0.1, -0.05) is 6.42 Å². The summed E-state index contributed by atoms with van der Waals surface area (Å²) in [6.45, 7) is 0.252. The molecule has 2 unspecified atom stereocenters. The van der Waals surface area contributed by atoms with Crippen LogP contribution in [0.5, 0.6) is 0 Å². The lowest BCUT2D eigenvalue weighted by Crippen LogP contribution is -2.35. The van der Waals surface area contributed by atoms with Crippen molar-refractivity contribution in [3.63, 3.8) is 0 Å². The Morgan fingerprint density at radius 2 is 2.30 bits per heavy atom. The number of nitro groups is 1. The maximum Gasteiger partial charge on any atom is 0.286 e. The van der Waals surface area contributed by atoms with Crippen LogP contribution in [0, 0.1) is 16.0 Å². The Hall–Kier alpha value is -2.22. The van der Waals surface area contributed by atoms with E-state index in [9.17, 15) is 24.8 Å². The van der Waals surface area contributed by atoms with E-state index in [-0.39, 0.29) is 23.7 Å². The van der Waals surface area contributed by atoms with Crippen molar-refractivity contribution in [2.24, 2.45) is 5.92 Å². The van der Waals surface area contributed by atoms with Gasteiger partial charge >= 0.3 is 0 Å². The Balaban J connectivity index is 2.07. The zero-order chi connectivity index (χ0) is 14.7. The quantitative estimate of drug-likeness (QED) is 0.536. The molecule has 8 nitrogen and oxygen atoms in total. The van der Waals surface area contributed by atoms with Crippen LogP contribution in [0.25, 0.3) is 0 Å². The molecule has 2 atom stereocenters. The maximum atomic E-state index is 11.9. The molecule has 108 valence electrons. The molecule has 0 aromatic carbocycles. The van der Waals surface area contributed by atoms with Crippen molar-refractivity contribution >= 4 is 11.6 Å². The SMILES string of the molecule is O=C(NCC1CCCC1O)c1cc([N+](=O)[O-])c[nH]c1=O. The smallest absolute Gasteiger partial charge is 0.286 e. The van der Waals surface area contributed by atoms with Crippen molar-refractivity contribution < 1.29 is 14.8 Å². The van der Waals surface area contributed by atoms with E-state index in [1.54, 1.807) is 0 Å². The van der Waals surface area contributed by atoms with Crippen molar-refractivity contribution in [1.82, 2.24) is 10.3 Å². The molecular weight excluding hydrogens is 266 g/mol. The molecule has 8 heteroatoms. The van der Waals surface area contributed by atoms with Crippen LogP contribution in [-0.4, -0.2) is 33.6 Å². The van der Waals surface area contributed by atoms with Gasteiger partial charge < -0.3 is 15.4 Å². The van der Waals surface area contributed by atoms with E-state index in [1.807, 2.05) is 0 Å². The van der Waals surface area contributed by atoms with Crippen molar-refractivity contribution in [3.8, 4) is 0 Å². The first-order valence-electron chi connectivity index (χ1n) is 6.32. The van der Waals surface area contributed by atoms with Crippen LogP contribution in [0.1, 0.15) is 29.6 Å². The number of rotatable bonds is 4. The second-order valence-electron chi connectivity index (χ2n) is 4.83. The molecule has 1 fully saturated rings. The van der Waals surface area contributed by atoms with Crippen LogP contribution < -0.4 is 10.9 Å². The van der Waals surface area contributed by atoms with Gasteiger partial charge in [0.05, 0.1) is 17.2 Å². The van der Waals surface area contributed by atoms with Gasteiger partial charge in [-0.3, -0.25) is 19.7 Å². The molecule has 0 aliphatic heterocycles. The molecule has 1 aromatic heterocycles. The molecule has 0 bridgehead atoms. The third kappa shape index (κ3) is 3.02. The number of nitrogens with one attached hydrogen (secondary N) is 2. The van der Waals surface area contributed by atoms with Gasteiger partial charge in [-0.2, -0.15) is 0 Å². The molecule has 3 N–H and O–H groups in total. The van der Waals surface area contributed by atoms with Crippen LogP contribution in [0.2, 0.25) is 0 Å². The molecule has 2 rings (SSSR count). The lowest BCUT2D eigenvalue weighted by atomic mass is 10.1. The van der Waals surface area contributed by atoms with E-state index in [1.165, 1.54) is 0 Å². The van der Waals surface area contributed by atoms with Gasteiger partial charge in [0.1, 0.15) is 5.56 Å². The summed E-state index contributed by atoms with van der Waals surface area (Å²) in [5, 5.41) is 22.8. The molecule has 1 saturated carbocycles. The lowest BCUT2D eigenvalue weighted by Gasteiger charge is -2.14. The molecule has 1 aliphatic carbocycles. The average molecular weight is 281 g/mol. The molecular formula is C12H15N3O5. The topological polar surface area (TPSA) is 125 Å². The summed E-state index contributed by atoms with van der Waals surface area (Å²) in [6.07, 6.45) is 2.92. The fourth-order valence-electron chi connectivity index (χ4n) is 2.32. The van der Waals surface area contributed by atoms with Crippen molar-refractivity contribution in [2.45, 2.75) is 25.4 Å². The summed E-state index contributed by atoms with van der Waals surface area (Å²) < 4.78 is 0. The summed E-state index contributed by atoms with van der Waals surface area (Å²) in [4.78, 5) is 35.5. The van der Waals surface area contributed by atoms with E-state index in [0.29, 0.717) is 6.42 Å².